The lowest BCUT2D eigenvalue weighted by atomic mass is 9.77. The fourth-order valence-corrected chi connectivity index (χ4v) is 3.10. The molecule has 1 unspecified atom stereocenters. The van der Waals surface area contributed by atoms with Crippen LogP contribution in [0.2, 0.25) is 0 Å². The number of alkyl halides is 3. The number of hydrogen-bond acceptors (Lipinski definition) is 1. The lowest BCUT2D eigenvalue weighted by Crippen LogP contribution is -2.29. The zero-order chi connectivity index (χ0) is 13.2. The van der Waals surface area contributed by atoms with Crippen molar-refractivity contribution in [3.05, 3.63) is 11.6 Å². The average molecular weight is 262 g/mol. The van der Waals surface area contributed by atoms with E-state index in [2.05, 4.69) is 17.7 Å². The summed E-state index contributed by atoms with van der Waals surface area (Å²) in [5.41, 5.74) is 1.48. The summed E-state index contributed by atoms with van der Waals surface area (Å²) >= 11 is 0. The quantitative estimate of drug-likeness (QED) is 0.648. The van der Waals surface area contributed by atoms with Gasteiger partial charge in [0, 0.05) is 0 Å². The zero-order valence-electron chi connectivity index (χ0n) is 10.8. The standard InChI is InChI=1S/C14H21F3O/c1-10-2-4-11(5-3-10)12-6-8-13(9-7-12)18-14(15,16)17/h4,10,12-13H,2-3,5-9H2,1H3. The molecule has 2 rings (SSSR count). The monoisotopic (exact) mass is 262 g/mol. The summed E-state index contributed by atoms with van der Waals surface area (Å²) in [6, 6.07) is 0. The van der Waals surface area contributed by atoms with E-state index < -0.39 is 12.5 Å². The molecule has 0 bridgehead atoms. The highest BCUT2D eigenvalue weighted by Gasteiger charge is 2.35. The number of ether oxygens (including phenoxy) is 1. The van der Waals surface area contributed by atoms with Gasteiger partial charge in [-0.3, -0.25) is 4.74 Å². The summed E-state index contributed by atoms with van der Waals surface area (Å²) < 4.78 is 40.4. The molecule has 0 saturated heterocycles. The summed E-state index contributed by atoms with van der Waals surface area (Å²) in [6.45, 7) is 2.25. The minimum atomic E-state index is -4.48. The molecular formula is C14H21F3O. The normalized spacial score (nSPS) is 34.2. The predicted octanol–water partition coefficient (Wildman–Crippen LogP) is 4.83. The van der Waals surface area contributed by atoms with Crippen LogP contribution in [0.5, 0.6) is 0 Å². The molecule has 0 aromatic carbocycles. The first-order valence-electron chi connectivity index (χ1n) is 6.87. The van der Waals surface area contributed by atoms with Crippen molar-refractivity contribution in [2.75, 3.05) is 0 Å². The molecule has 0 N–H and O–H groups in total. The van der Waals surface area contributed by atoms with Crippen LogP contribution in [0.15, 0.2) is 11.6 Å². The van der Waals surface area contributed by atoms with Crippen LogP contribution in [0.25, 0.3) is 0 Å². The summed E-state index contributed by atoms with van der Waals surface area (Å²) in [4.78, 5) is 0. The molecular weight excluding hydrogens is 241 g/mol. The van der Waals surface area contributed by atoms with Crippen molar-refractivity contribution in [2.45, 2.75) is 64.3 Å². The summed E-state index contributed by atoms with van der Waals surface area (Å²) in [7, 11) is 0. The predicted molar refractivity (Wildman–Crippen MR) is 64.0 cm³/mol. The Morgan fingerprint density at radius 3 is 2.28 bits per heavy atom. The van der Waals surface area contributed by atoms with E-state index in [-0.39, 0.29) is 0 Å². The molecule has 0 spiro atoms. The SMILES string of the molecule is CC1CC=C(C2CCC(OC(F)(F)F)CC2)CC1. The maximum atomic E-state index is 12.1. The van der Waals surface area contributed by atoms with E-state index in [4.69, 9.17) is 0 Å². The van der Waals surface area contributed by atoms with Crippen molar-refractivity contribution in [1.29, 1.82) is 0 Å². The molecule has 1 fully saturated rings. The molecule has 0 amide bonds. The van der Waals surface area contributed by atoms with E-state index in [1.54, 1.807) is 0 Å². The van der Waals surface area contributed by atoms with Gasteiger partial charge in [-0.2, -0.15) is 0 Å². The van der Waals surface area contributed by atoms with Gasteiger partial charge in [-0.1, -0.05) is 18.6 Å². The number of halogens is 3. The minimum absolute atomic E-state index is 0.505. The molecule has 1 saturated carbocycles. The highest BCUT2D eigenvalue weighted by atomic mass is 19.4. The Balaban J connectivity index is 1.80. The molecule has 1 atom stereocenters. The second-order valence-corrected chi connectivity index (χ2v) is 5.70. The van der Waals surface area contributed by atoms with E-state index in [9.17, 15) is 13.2 Å². The van der Waals surface area contributed by atoms with Crippen LogP contribution in [-0.2, 0) is 4.74 Å². The molecule has 0 aromatic heterocycles. The van der Waals surface area contributed by atoms with Gasteiger partial charge in [0.2, 0.25) is 0 Å². The minimum Gasteiger partial charge on any atom is -0.289 e. The smallest absolute Gasteiger partial charge is 0.289 e. The van der Waals surface area contributed by atoms with Gasteiger partial charge in [0.1, 0.15) is 0 Å². The van der Waals surface area contributed by atoms with Gasteiger partial charge in [-0.25, -0.2) is 0 Å². The highest BCUT2D eigenvalue weighted by Crippen LogP contribution is 2.38. The third-order valence-electron chi connectivity index (χ3n) is 4.21. The van der Waals surface area contributed by atoms with Gasteiger partial charge in [0.05, 0.1) is 6.10 Å². The average Bonchev–Trinajstić information content (AvgIpc) is 2.29. The molecule has 2 aliphatic carbocycles. The number of hydrogen-bond donors (Lipinski definition) is 0. The van der Waals surface area contributed by atoms with E-state index in [0.29, 0.717) is 18.8 Å². The summed E-state index contributed by atoms with van der Waals surface area (Å²) in [5.74, 6) is 1.27. The van der Waals surface area contributed by atoms with Gasteiger partial charge in [-0.05, 0) is 56.8 Å². The van der Waals surface area contributed by atoms with Gasteiger partial charge in [0.25, 0.3) is 0 Å². The molecule has 1 nitrogen and oxygen atoms in total. The van der Waals surface area contributed by atoms with Crippen LogP contribution in [0.4, 0.5) is 13.2 Å². The third-order valence-corrected chi connectivity index (χ3v) is 4.21. The maximum Gasteiger partial charge on any atom is 0.522 e. The molecule has 0 radical (unpaired) electrons. The Kier molecular flexibility index (Phi) is 4.36. The van der Waals surface area contributed by atoms with Crippen molar-refractivity contribution < 1.29 is 17.9 Å². The van der Waals surface area contributed by atoms with Crippen molar-refractivity contribution in [3.8, 4) is 0 Å². The first-order valence-corrected chi connectivity index (χ1v) is 6.87. The maximum absolute atomic E-state index is 12.1. The first-order chi connectivity index (χ1) is 8.44. The van der Waals surface area contributed by atoms with Gasteiger partial charge in [0.15, 0.2) is 0 Å². The lowest BCUT2D eigenvalue weighted by Gasteiger charge is -2.32. The van der Waals surface area contributed by atoms with E-state index >= 15 is 0 Å². The third kappa shape index (κ3) is 4.01. The van der Waals surface area contributed by atoms with Gasteiger partial charge >= 0.3 is 6.36 Å². The lowest BCUT2D eigenvalue weighted by molar-refractivity contribution is -0.345. The number of rotatable bonds is 2. The summed E-state index contributed by atoms with van der Waals surface area (Å²) in [5, 5.41) is 0. The van der Waals surface area contributed by atoms with Crippen LogP contribution in [0.3, 0.4) is 0 Å². The van der Waals surface area contributed by atoms with Crippen molar-refractivity contribution in [2.24, 2.45) is 11.8 Å². The Morgan fingerprint density at radius 1 is 1.11 bits per heavy atom. The fourth-order valence-electron chi connectivity index (χ4n) is 3.10. The van der Waals surface area contributed by atoms with Crippen molar-refractivity contribution in [3.63, 3.8) is 0 Å². The van der Waals surface area contributed by atoms with Crippen LogP contribution in [0, 0.1) is 11.8 Å². The van der Waals surface area contributed by atoms with Crippen molar-refractivity contribution >= 4 is 0 Å². The second-order valence-electron chi connectivity index (χ2n) is 5.70. The van der Waals surface area contributed by atoms with E-state index in [0.717, 1.165) is 31.6 Å². The van der Waals surface area contributed by atoms with Crippen LogP contribution >= 0.6 is 0 Å². The molecule has 104 valence electrons. The fraction of sp³-hybridized carbons (Fsp3) is 0.857. The molecule has 0 heterocycles. The molecule has 0 aliphatic heterocycles. The van der Waals surface area contributed by atoms with Crippen LogP contribution in [-0.4, -0.2) is 12.5 Å². The van der Waals surface area contributed by atoms with Crippen LogP contribution < -0.4 is 0 Å². The highest BCUT2D eigenvalue weighted by molar-refractivity contribution is 5.11. The van der Waals surface area contributed by atoms with Crippen molar-refractivity contribution in [1.82, 2.24) is 0 Å². The Hall–Kier alpha value is -0.510. The Labute approximate surface area is 106 Å². The van der Waals surface area contributed by atoms with Crippen LogP contribution in [0.1, 0.15) is 51.9 Å². The van der Waals surface area contributed by atoms with Gasteiger partial charge < -0.3 is 0 Å². The first kappa shape index (κ1) is 13.9. The zero-order valence-corrected chi connectivity index (χ0v) is 10.8. The topological polar surface area (TPSA) is 9.23 Å². The Bertz CT molecular complexity index is 301. The van der Waals surface area contributed by atoms with E-state index in [1.165, 1.54) is 12.0 Å². The molecule has 0 aromatic rings. The summed E-state index contributed by atoms with van der Waals surface area (Å²) in [6.07, 6.45) is 3.50. The van der Waals surface area contributed by atoms with E-state index in [1.807, 2.05) is 0 Å². The van der Waals surface area contributed by atoms with Gasteiger partial charge in [-0.15, -0.1) is 13.2 Å². The Morgan fingerprint density at radius 2 is 1.78 bits per heavy atom. The molecule has 2 aliphatic rings. The molecule has 4 heteroatoms. The largest absolute Gasteiger partial charge is 0.522 e. The second kappa shape index (κ2) is 5.64. The number of allylic oxidation sites excluding steroid dienone is 2. The molecule has 18 heavy (non-hydrogen) atoms.